The van der Waals surface area contributed by atoms with Crippen molar-refractivity contribution in [3.63, 3.8) is 0 Å². The summed E-state index contributed by atoms with van der Waals surface area (Å²) in [5.41, 5.74) is 17.8. The van der Waals surface area contributed by atoms with Crippen molar-refractivity contribution in [3.8, 4) is 0 Å². The zero-order valence-corrected chi connectivity index (χ0v) is 31.9. The van der Waals surface area contributed by atoms with Crippen LogP contribution in [-0.2, 0) is 40.3 Å². The first-order valence-electron chi connectivity index (χ1n) is 17.9. The minimum absolute atomic E-state index is 0.0238. The number of rotatable bonds is 11. The molecule has 2 unspecified atom stereocenters. The maximum absolute atomic E-state index is 13.7. The minimum atomic E-state index is -0.562. The molecule has 0 aliphatic rings. The largest absolute Gasteiger partial charge is 0.366 e. The summed E-state index contributed by atoms with van der Waals surface area (Å²) in [5.74, 6) is -2.05. The summed E-state index contributed by atoms with van der Waals surface area (Å²) in [7, 11) is 3.60. The van der Waals surface area contributed by atoms with E-state index in [9.17, 15) is 19.2 Å². The van der Waals surface area contributed by atoms with Crippen molar-refractivity contribution in [1.29, 1.82) is 0 Å². The zero-order valence-electron chi connectivity index (χ0n) is 31.9. The fourth-order valence-corrected chi connectivity index (χ4v) is 6.92. The highest BCUT2D eigenvalue weighted by Crippen LogP contribution is 2.23. The number of amides is 4. The van der Waals surface area contributed by atoms with Crippen molar-refractivity contribution in [2.45, 2.75) is 67.7 Å². The van der Waals surface area contributed by atoms with Crippen LogP contribution in [-0.4, -0.2) is 61.5 Å². The Labute approximate surface area is 311 Å². The normalized spacial score (nSPS) is 13.6. The molecule has 2 atom stereocenters. The van der Waals surface area contributed by atoms with E-state index >= 15 is 0 Å². The Bertz CT molecular complexity index is 2440. The number of primary amides is 2. The van der Waals surface area contributed by atoms with Gasteiger partial charge in [-0.05, 0) is 88.1 Å². The van der Waals surface area contributed by atoms with E-state index in [2.05, 4.69) is 34.0 Å². The summed E-state index contributed by atoms with van der Waals surface area (Å²) in [6.45, 7) is 13.6. The number of aromatic nitrogens is 8. The lowest BCUT2D eigenvalue weighted by Gasteiger charge is -2.22. The van der Waals surface area contributed by atoms with Crippen LogP contribution < -0.4 is 22.7 Å². The second-order valence-corrected chi connectivity index (χ2v) is 13.8. The number of benzene rings is 2. The molecule has 4 N–H and O–H groups in total. The summed E-state index contributed by atoms with van der Waals surface area (Å²) in [4.78, 5) is 60.9. The minimum Gasteiger partial charge on any atom is -0.366 e. The van der Waals surface area contributed by atoms with Gasteiger partial charge in [-0.15, -0.1) is 0 Å². The number of nitrogens with two attached hydrogens (primary N) is 2. The molecule has 16 heteroatoms. The molecule has 54 heavy (non-hydrogen) atoms. The molecule has 2 aromatic carbocycles. The third kappa shape index (κ3) is 6.81. The van der Waals surface area contributed by atoms with Crippen molar-refractivity contribution in [2.24, 2.45) is 47.4 Å². The quantitative estimate of drug-likeness (QED) is 0.205. The van der Waals surface area contributed by atoms with Gasteiger partial charge in [0.25, 0.3) is 11.8 Å². The molecule has 4 aromatic heterocycles. The fourth-order valence-electron chi connectivity index (χ4n) is 6.92. The van der Waals surface area contributed by atoms with Crippen molar-refractivity contribution < 1.29 is 19.2 Å². The fraction of sp³-hybridized carbons (Fsp3) is 0.368. The average Bonchev–Trinajstić information content (AvgIpc) is 3.86. The van der Waals surface area contributed by atoms with Gasteiger partial charge in [-0.3, -0.25) is 28.5 Å². The smallest absolute Gasteiger partial charge is 0.298 e. The van der Waals surface area contributed by atoms with E-state index in [-0.39, 0.29) is 11.8 Å². The van der Waals surface area contributed by atoms with E-state index in [0.29, 0.717) is 82.4 Å². The standard InChI is InChI=1S/C38H46N12O4/c1-9-49-31(15-23(5)43-49)35(53)41-37-45(7)29-17-25(33(39)51)11-13-27(29)47(37)19-21(3)22(4)20-48-28-14-12-26(34(40)52)18-30(28)46(8)38(48)42-36(54)32-16-24(6)44-50(32)10-2/h11-18,21-22H,9-10,19-20H2,1-8H3,(H2,39,51)(H2,40,52). The lowest BCUT2D eigenvalue weighted by Crippen LogP contribution is -2.32. The highest BCUT2D eigenvalue weighted by Gasteiger charge is 2.23. The monoisotopic (exact) mass is 734 g/mol. The van der Waals surface area contributed by atoms with Gasteiger partial charge in [0.2, 0.25) is 23.1 Å². The number of nitrogens with zero attached hydrogens (tertiary/aromatic N) is 10. The molecule has 4 amide bonds. The summed E-state index contributed by atoms with van der Waals surface area (Å²) in [6, 6.07) is 13.8. The maximum atomic E-state index is 13.7. The second-order valence-electron chi connectivity index (χ2n) is 13.8. The van der Waals surface area contributed by atoms with Gasteiger partial charge >= 0.3 is 0 Å². The first-order valence-corrected chi connectivity index (χ1v) is 17.9. The van der Waals surface area contributed by atoms with E-state index in [1.54, 1.807) is 69.0 Å². The SMILES string of the molecule is CCn1nc(C)cc1C(=O)N=c1n(C)c2cc(C(N)=O)ccc2n1CC(C)C(C)Cn1c(=NC(=O)c2cc(C)nn2CC)n(C)c2cc(C(N)=O)ccc21. The van der Waals surface area contributed by atoms with E-state index in [4.69, 9.17) is 11.5 Å². The molecule has 0 saturated carbocycles. The molecule has 0 radical (unpaired) electrons. The summed E-state index contributed by atoms with van der Waals surface area (Å²) in [5, 5.41) is 8.84. The lowest BCUT2D eigenvalue weighted by molar-refractivity contribution is 0.0976. The Morgan fingerprint density at radius 1 is 0.630 bits per heavy atom. The number of fused-ring (bicyclic) bond motifs is 2. The molecule has 6 rings (SSSR count). The van der Waals surface area contributed by atoms with Gasteiger partial charge in [0, 0.05) is 51.4 Å². The summed E-state index contributed by atoms with van der Waals surface area (Å²) >= 11 is 0. The molecule has 0 bridgehead atoms. The molecule has 0 spiro atoms. The predicted molar refractivity (Wildman–Crippen MR) is 202 cm³/mol. The molecule has 0 aliphatic heterocycles. The predicted octanol–water partition coefficient (Wildman–Crippen LogP) is 2.98. The van der Waals surface area contributed by atoms with Crippen LogP contribution in [0.4, 0.5) is 0 Å². The van der Waals surface area contributed by atoms with Gasteiger partial charge in [0.15, 0.2) is 0 Å². The highest BCUT2D eigenvalue weighted by molar-refractivity contribution is 5.98. The summed E-state index contributed by atoms with van der Waals surface area (Å²) < 4.78 is 10.8. The molecular weight excluding hydrogens is 688 g/mol. The van der Waals surface area contributed by atoms with Crippen molar-refractivity contribution in [3.05, 3.63) is 93.7 Å². The van der Waals surface area contributed by atoms with E-state index in [1.165, 1.54) is 0 Å². The van der Waals surface area contributed by atoms with Crippen molar-refractivity contribution in [2.75, 3.05) is 0 Å². The van der Waals surface area contributed by atoms with Crippen LogP contribution in [0.5, 0.6) is 0 Å². The molecule has 6 aromatic rings. The van der Waals surface area contributed by atoms with Gasteiger partial charge < -0.3 is 29.7 Å². The van der Waals surface area contributed by atoms with Crippen molar-refractivity contribution in [1.82, 2.24) is 37.8 Å². The van der Waals surface area contributed by atoms with E-state index in [1.807, 2.05) is 49.0 Å². The van der Waals surface area contributed by atoms with E-state index < -0.39 is 23.6 Å². The van der Waals surface area contributed by atoms with Crippen LogP contribution in [0.2, 0.25) is 0 Å². The molecule has 4 heterocycles. The molecule has 0 fully saturated rings. The molecule has 16 nitrogen and oxygen atoms in total. The molecule has 0 aliphatic carbocycles. The first kappa shape index (κ1) is 37.4. The second kappa shape index (κ2) is 14.6. The Morgan fingerprint density at radius 3 is 1.33 bits per heavy atom. The van der Waals surface area contributed by atoms with Crippen LogP contribution in [0.15, 0.2) is 58.5 Å². The maximum Gasteiger partial charge on any atom is 0.298 e. The number of imidazole rings is 2. The third-order valence-electron chi connectivity index (χ3n) is 10.1. The lowest BCUT2D eigenvalue weighted by atomic mass is 9.95. The van der Waals surface area contributed by atoms with Gasteiger partial charge in [0.05, 0.1) is 33.5 Å². The van der Waals surface area contributed by atoms with Crippen molar-refractivity contribution >= 4 is 45.7 Å². The average molecular weight is 735 g/mol. The van der Waals surface area contributed by atoms with Gasteiger partial charge in [0.1, 0.15) is 11.4 Å². The Morgan fingerprint density at radius 2 is 1.00 bits per heavy atom. The number of hydrogen-bond acceptors (Lipinski definition) is 6. The number of hydrogen-bond donors (Lipinski definition) is 2. The van der Waals surface area contributed by atoms with Crippen LogP contribution in [0.1, 0.15) is 80.8 Å². The Kier molecular flexibility index (Phi) is 10.1. The van der Waals surface area contributed by atoms with Crippen LogP contribution in [0.25, 0.3) is 22.1 Å². The zero-order chi connectivity index (χ0) is 39.2. The van der Waals surface area contributed by atoms with Crippen LogP contribution in [0, 0.1) is 25.7 Å². The number of aryl methyl sites for hydroxylation is 6. The van der Waals surface area contributed by atoms with Gasteiger partial charge in [-0.2, -0.15) is 20.2 Å². The summed E-state index contributed by atoms with van der Waals surface area (Å²) in [6.07, 6.45) is 0. The Balaban J connectivity index is 1.44. The molecular formula is C38H46N12O4. The third-order valence-corrected chi connectivity index (χ3v) is 10.1. The van der Waals surface area contributed by atoms with Gasteiger partial charge in [-0.1, -0.05) is 13.8 Å². The van der Waals surface area contributed by atoms with Crippen LogP contribution >= 0.6 is 0 Å². The van der Waals surface area contributed by atoms with Gasteiger partial charge in [-0.25, -0.2) is 0 Å². The highest BCUT2D eigenvalue weighted by atomic mass is 16.2. The Hall–Kier alpha value is -6.32. The number of carbonyl (C=O) groups excluding carboxylic acids is 4. The molecule has 282 valence electrons. The van der Waals surface area contributed by atoms with E-state index in [0.717, 1.165) is 11.0 Å². The number of carbonyl (C=O) groups is 4. The topological polar surface area (TPSA) is 200 Å². The van der Waals surface area contributed by atoms with Crippen LogP contribution in [0.3, 0.4) is 0 Å². The molecule has 0 saturated heterocycles. The first-order chi connectivity index (χ1) is 25.6.